The van der Waals surface area contributed by atoms with E-state index in [4.69, 9.17) is 9.47 Å². The van der Waals surface area contributed by atoms with Gasteiger partial charge >= 0.3 is 5.97 Å². The molecule has 0 saturated carbocycles. The predicted molar refractivity (Wildman–Crippen MR) is 99.6 cm³/mol. The molecule has 7 heteroatoms. The van der Waals surface area contributed by atoms with Crippen molar-refractivity contribution in [2.45, 2.75) is 20.8 Å². The van der Waals surface area contributed by atoms with Crippen LogP contribution >= 0.6 is 0 Å². The minimum atomic E-state index is -0.464. The fourth-order valence-corrected chi connectivity index (χ4v) is 2.95. The summed E-state index contributed by atoms with van der Waals surface area (Å²) in [5.41, 5.74) is 2.80. The summed E-state index contributed by atoms with van der Waals surface area (Å²) in [6.07, 6.45) is 0. The Labute approximate surface area is 158 Å². The number of carbonyl (C=O) groups excluding carboxylic acids is 2. The number of hydrogen-bond donors (Lipinski definition) is 0. The minimum absolute atomic E-state index is 0.143. The molecule has 27 heavy (non-hydrogen) atoms. The van der Waals surface area contributed by atoms with Crippen LogP contribution in [0.15, 0.2) is 30.3 Å². The Morgan fingerprint density at radius 2 is 1.85 bits per heavy atom. The number of nitrogens with zero attached hydrogens (tertiary/aromatic N) is 2. The number of rotatable bonds is 8. The highest BCUT2D eigenvalue weighted by Gasteiger charge is 2.24. The molecule has 0 aliphatic heterocycles. The number of ether oxygens (including phenoxy) is 2. The first kappa shape index (κ1) is 20.6. The third-order valence-corrected chi connectivity index (χ3v) is 4.22. The van der Waals surface area contributed by atoms with Gasteiger partial charge in [0.15, 0.2) is 0 Å². The summed E-state index contributed by atoms with van der Waals surface area (Å²) in [7, 11) is 1.54. The Morgan fingerprint density at radius 3 is 2.44 bits per heavy atom. The molecule has 0 bridgehead atoms. The smallest absolute Gasteiger partial charge is 0.325 e. The van der Waals surface area contributed by atoms with Gasteiger partial charge in [0.1, 0.15) is 12.4 Å². The van der Waals surface area contributed by atoms with Crippen LogP contribution in [0.5, 0.6) is 0 Å². The summed E-state index contributed by atoms with van der Waals surface area (Å²) in [5, 5.41) is 0. The lowest BCUT2D eigenvalue weighted by atomic mass is 10.2. The van der Waals surface area contributed by atoms with E-state index in [9.17, 15) is 14.0 Å². The number of carbonyl (C=O) groups is 2. The molecule has 2 rings (SSSR count). The Bertz CT molecular complexity index is 799. The van der Waals surface area contributed by atoms with E-state index in [0.717, 1.165) is 17.1 Å². The highest BCUT2D eigenvalue weighted by Crippen LogP contribution is 2.22. The second-order valence-corrected chi connectivity index (χ2v) is 6.12. The molecular weight excluding hydrogens is 351 g/mol. The molecule has 0 spiro atoms. The van der Waals surface area contributed by atoms with Crippen molar-refractivity contribution in [3.63, 3.8) is 0 Å². The molecule has 0 fully saturated rings. The zero-order chi connectivity index (χ0) is 20.0. The SMILES string of the molecule is CCOC(=O)CN(CCOC)C(=O)c1cc(C)n(-c2ccc(F)cc2)c1C. The number of halogens is 1. The quantitative estimate of drug-likeness (QED) is 0.665. The van der Waals surface area contributed by atoms with Gasteiger partial charge in [-0.3, -0.25) is 9.59 Å². The van der Waals surface area contributed by atoms with E-state index < -0.39 is 5.97 Å². The van der Waals surface area contributed by atoms with Crippen molar-refractivity contribution >= 4 is 11.9 Å². The molecule has 0 saturated heterocycles. The van der Waals surface area contributed by atoms with Crippen LogP contribution in [0, 0.1) is 19.7 Å². The van der Waals surface area contributed by atoms with E-state index in [1.165, 1.54) is 24.1 Å². The van der Waals surface area contributed by atoms with Crippen LogP contribution in [-0.2, 0) is 14.3 Å². The van der Waals surface area contributed by atoms with Crippen molar-refractivity contribution in [2.24, 2.45) is 0 Å². The summed E-state index contributed by atoms with van der Waals surface area (Å²) < 4.78 is 25.1. The third-order valence-electron chi connectivity index (χ3n) is 4.22. The van der Waals surface area contributed by atoms with Gasteiger partial charge in [0.25, 0.3) is 5.91 Å². The van der Waals surface area contributed by atoms with Gasteiger partial charge < -0.3 is 18.9 Å². The van der Waals surface area contributed by atoms with E-state index in [-0.39, 0.29) is 31.4 Å². The van der Waals surface area contributed by atoms with E-state index in [2.05, 4.69) is 0 Å². The van der Waals surface area contributed by atoms with Crippen molar-refractivity contribution in [3.8, 4) is 5.69 Å². The molecule has 0 atom stereocenters. The van der Waals surface area contributed by atoms with Crippen LogP contribution in [0.25, 0.3) is 5.69 Å². The molecule has 1 aromatic carbocycles. The van der Waals surface area contributed by atoms with Crippen molar-refractivity contribution in [3.05, 3.63) is 53.1 Å². The Kier molecular flexibility index (Phi) is 7.12. The van der Waals surface area contributed by atoms with Gasteiger partial charge in [0.05, 0.1) is 18.8 Å². The number of esters is 1. The summed E-state index contributed by atoms with van der Waals surface area (Å²) in [5.74, 6) is -1.06. The number of aromatic nitrogens is 1. The molecule has 1 amide bonds. The van der Waals surface area contributed by atoms with E-state index in [0.29, 0.717) is 12.2 Å². The fourth-order valence-electron chi connectivity index (χ4n) is 2.95. The second kappa shape index (κ2) is 9.32. The standard InChI is InChI=1S/C20H25FN2O4/c1-5-27-19(24)13-22(10-11-26-4)20(25)18-12-14(2)23(15(18)3)17-8-6-16(21)7-9-17/h6-9,12H,5,10-11,13H2,1-4H3. The molecule has 1 aromatic heterocycles. The Morgan fingerprint density at radius 1 is 1.19 bits per heavy atom. The normalized spacial score (nSPS) is 10.7. The first-order chi connectivity index (χ1) is 12.9. The van der Waals surface area contributed by atoms with Crippen molar-refractivity contribution in [1.82, 2.24) is 9.47 Å². The number of methoxy groups -OCH3 is 1. The zero-order valence-electron chi connectivity index (χ0n) is 16.1. The van der Waals surface area contributed by atoms with Crippen LogP contribution < -0.4 is 0 Å². The van der Waals surface area contributed by atoms with Gasteiger partial charge in [-0.1, -0.05) is 0 Å². The Balaban J connectivity index is 2.33. The molecule has 2 aromatic rings. The maximum atomic E-state index is 13.2. The Hall–Kier alpha value is -2.67. The van der Waals surface area contributed by atoms with Crippen LogP contribution in [0.1, 0.15) is 28.7 Å². The highest BCUT2D eigenvalue weighted by atomic mass is 19.1. The molecular formula is C20H25FN2O4. The van der Waals surface area contributed by atoms with Crippen molar-refractivity contribution in [1.29, 1.82) is 0 Å². The van der Waals surface area contributed by atoms with E-state index in [1.807, 2.05) is 18.4 Å². The molecule has 0 unspecified atom stereocenters. The summed E-state index contributed by atoms with van der Waals surface area (Å²) in [6, 6.07) is 7.84. The third kappa shape index (κ3) is 4.95. The van der Waals surface area contributed by atoms with Crippen LogP contribution in [-0.4, -0.2) is 54.8 Å². The first-order valence-corrected chi connectivity index (χ1v) is 8.77. The molecule has 0 aliphatic rings. The van der Waals surface area contributed by atoms with Gasteiger partial charge in [-0.25, -0.2) is 4.39 Å². The van der Waals surface area contributed by atoms with Crippen LogP contribution in [0.4, 0.5) is 4.39 Å². The summed E-state index contributed by atoms with van der Waals surface area (Å²) in [4.78, 5) is 26.3. The molecule has 0 aliphatic carbocycles. The molecule has 1 heterocycles. The van der Waals surface area contributed by atoms with Crippen LogP contribution in [0.2, 0.25) is 0 Å². The van der Waals surface area contributed by atoms with Crippen molar-refractivity contribution in [2.75, 3.05) is 33.4 Å². The van der Waals surface area contributed by atoms with Gasteiger partial charge in [0, 0.05) is 30.7 Å². The van der Waals surface area contributed by atoms with Gasteiger partial charge in [-0.05, 0) is 51.1 Å². The lowest BCUT2D eigenvalue weighted by molar-refractivity contribution is -0.143. The van der Waals surface area contributed by atoms with Gasteiger partial charge in [-0.2, -0.15) is 0 Å². The lowest BCUT2D eigenvalue weighted by Gasteiger charge is -2.21. The average molecular weight is 376 g/mol. The van der Waals surface area contributed by atoms with Gasteiger partial charge in [0.2, 0.25) is 0 Å². The molecule has 0 radical (unpaired) electrons. The predicted octanol–water partition coefficient (Wildman–Crippen LogP) is 2.88. The average Bonchev–Trinajstić information content (AvgIpc) is 2.93. The molecule has 6 nitrogen and oxygen atoms in total. The van der Waals surface area contributed by atoms with Crippen LogP contribution in [0.3, 0.4) is 0 Å². The van der Waals surface area contributed by atoms with Gasteiger partial charge in [-0.15, -0.1) is 0 Å². The lowest BCUT2D eigenvalue weighted by Crippen LogP contribution is -2.38. The maximum absolute atomic E-state index is 13.2. The summed E-state index contributed by atoms with van der Waals surface area (Å²) in [6.45, 7) is 6.10. The fraction of sp³-hybridized carbons (Fsp3) is 0.400. The molecule has 0 N–H and O–H groups in total. The highest BCUT2D eigenvalue weighted by molar-refractivity contribution is 5.97. The largest absolute Gasteiger partial charge is 0.465 e. The number of hydrogen-bond acceptors (Lipinski definition) is 4. The van der Waals surface area contributed by atoms with E-state index >= 15 is 0 Å². The topological polar surface area (TPSA) is 60.8 Å². The molecule has 146 valence electrons. The zero-order valence-corrected chi connectivity index (χ0v) is 16.1. The first-order valence-electron chi connectivity index (χ1n) is 8.77. The van der Waals surface area contributed by atoms with E-state index in [1.54, 1.807) is 25.1 Å². The monoisotopic (exact) mass is 376 g/mol. The maximum Gasteiger partial charge on any atom is 0.325 e. The second-order valence-electron chi connectivity index (χ2n) is 6.12. The number of amides is 1. The summed E-state index contributed by atoms with van der Waals surface area (Å²) >= 11 is 0. The number of benzene rings is 1. The number of aryl methyl sites for hydroxylation is 1. The minimum Gasteiger partial charge on any atom is -0.465 e. The van der Waals surface area contributed by atoms with Crippen molar-refractivity contribution < 1.29 is 23.5 Å².